The third-order valence-corrected chi connectivity index (χ3v) is 5.40. The van der Waals surface area contributed by atoms with Crippen LogP contribution in [-0.2, 0) is 14.8 Å². The number of benzene rings is 1. The molecule has 0 aromatic heterocycles. The summed E-state index contributed by atoms with van der Waals surface area (Å²) in [5, 5.41) is 0. The van der Waals surface area contributed by atoms with Gasteiger partial charge in [-0.1, -0.05) is 6.92 Å². The third kappa shape index (κ3) is 2.91. The number of rotatable bonds is 3. The second kappa shape index (κ2) is 5.48. The van der Waals surface area contributed by atoms with E-state index in [1.807, 2.05) is 6.92 Å². The van der Waals surface area contributed by atoms with Crippen LogP contribution in [0.5, 0.6) is 0 Å². The van der Waals surface area contributed by atoms with Gasteiger partial charge in [0, 0.05) is 18.8 Å². The topological polar surface area (TPSA) is 72.6 Å². The van der Waals surface area contributed by atoms with Gasteiger partial charge in [0.2, 0.25) is 10.0 Å². The molecule has 19 heavy (non-hydrogen) atoms. The van der Waals surface area contributed by atoms with E-state index in [9.17, 15) is 8.42 Å². The smallest absolute Gasteiger partial charge is 0.243 e. The van der Waals surface area contributed by atoms with Crippen LogP contribution in [0.3, 0.4) is 0 Å². The predicted molar refractivity (Wildman–Crippen MR) is 74.4 cm³/mol. The molecule has 106 valence electrons. The van der Waals surface area contributed by atoms with Crippen LogP contribution in [0.15, 0.2) is 23.1 Å². The number of sulfonamides is 1. The van der Waals surface area contributed by atoms with Crippen molar-refractivity contribution in [2.75, 3.05) is 25.4 Å². The van der Waals surface area contributed by atoms with Crippen molar-refractivity contribution < 1.29 is 13.2 Å². The predicted octanol–water partition coefficient (Wildman–Crippen LogP) is 1.38. The molecule has 1 aromatic carbocycles. The number of hydrogen-bond acceptors (Lipinski definition) is 4. The molecule has 0 aliphatic carbocycles. The molecule has 0 saturated carbocycles. The molecular formula is C13H20N2O3S. The summed E-state index contributed by atoms with van der Waals surface area (Å²) in [5.74, 6) is 0. The van der Waals surface area contributed by atoms with Crippen molar-refractivity contribution in [1.29, 1.82) is 0 Å². The van der Waals surface area contributed by atoms with Crippen LogP contribution in [0.4, 0.5) is 5.69 Å². The van der Waals surface area contributed by atoms with Crippen molar-refractivity contribution in [2.24, 2.45) is 0 Å². The Morgan fingerprint density at radius 3 is 2.84 bits per heavy atom. The van der Waals surface area contributed by atoms with Crippen molar-refractivity contribution in [3.8, 4) is 0 Å². The van der Waals surface area contributed by atoms with Gasteiger partial charge in [-0.25, -0.2) is 8.42 Å². The molecule has 1 aromatic rings. The van der Waals surface area contributed by atoms with Crippen LogP contribution in [0, 0.1) is 6.92 Å². The van der Waals surface area contributed by atoms with Crippen LogP contribution >= 0.6 is 0 Å². The summed E-state index contributed by atoms with van der Waals surface area (Å²) in [6.45, 7) is 5.04. The minimum atomic E-state index is -3.45. The Balaban J connectivity index is 2.31. The Morgan fingerprint density at radius 2 is 2.21 bits per heavy atom. The van der Waals surface area contributed by atoms with Gasteiger partial charge in [-0.05, 0) is 37.1 Å². The maximum atomic E-state index is 12.6. The number of hydrogen-bond donors (Lipinski definition) is 1. The number of nitrogen functional groups attached to an aromatic ring is 1. The first-order valence-electron chi connectivity index (χ1n) is 6.43. The maximum absolute atomic E-state index is 12.6. The first-order valence-corrected chi connectivity index (χ1v) is 7.87. The van der Waals surface area contributed by atoms with Gasteiger partial charge in [0.15, 0.2) is 0 Å². The third-order valence-electron chi connectivity index (χ3n) is 3.37. The lowest BCUT2D eigenvalue weighted by Crippen LogP contribution is -2.45. The Labute approximate surface area is 114 Å². The summed E-state index contributed by atoms with van der Waals surface area (Å²) < 4.78 is 32.2. The van der Waals surface area contributed by atoms with E-state index in [4.69, 9.17) is 10.5 Å². The normalized spacial score (nSPS) is 21.5. The largest absolute Gasteiger partial charge is 0.399 e. The van der Waals surface area contributed by atoms with Gasteiger partial charge in [-0.3, -0.25) is 0 Å². The van der Waals surface area contributed by atoms with Crippen molar-refractivity contribution >= 4 is 15.7 Å². The molecule has 1 fully saturated rings. The van der Waals surface area contributed by atoms with E-state index >= 15 is 0 Å². The summed E-state index contributed by atoms with van der Waals surface area (Å²) in [5.41, 5.74) is 6.92. The van der Waals surface area contributed by atoms with Crippen LogP contribution < -0.4 is 5.73 Å². The van der Waals surface area contributed by atoms with Crippen LogP contribution in [-0.4, -0.2) is 38.5 Å². The Bertz CT molecular complexity index is 557. The van der Waals surface area contributed by atoms with E-state index in [2.05, 4.69) is 0 Å². The van der Waals surface area contributed by atoms with E-state index in [-0.39, 0.29) is 6.10 Å². The molecule has 0 amide bonds. The van der Waals surface area contributed by atoms with Crippen molar-refractivity contribution in [2.45, 2.75) is 31.3 Å². The van der Waals surface area contributed by atoms with Gasteiger partial charge in [0.1, 0.15) is 0 Å². The van der Waals surface area contributed by atoms with E-state index < -0.39 is 10.0 Å². The van der Waals surface area contributed by atoms with Crippen molar-refractivity contribution in [1.82, 2.24) is 4.31 Å². The molecule has 1 unspecified atom stereocenters. The van der Waals surface area contributed by atoms with E-state index in [1.54, 1.807) is 25.1 Å². The van der Waals surface area contributed by atoms with Gasteiger partial charge in [0.05, 0.1) is 17.6 Å². The lowest BCUT2D eigenvalue weighted by atomic mass is 10.2. The average Bonchev–Trinajstić information content (AvgIpc) is 2.38. The molecule has 1 heterocycles. The second-order valence-electron chi connectivity index (χ2n) is 4.79. The minimum absolute atomic E-state index is 0.0161. The highest BCUT2D eigenvalue weighted by Gasteiger charge is 2.30. The lowest BCUT2D eigenvalue weighted by molar-refractivity contribution is -0.00278. The van der Waals surface area contributed by atoms with Gasteiger partial charge in [-0.15, -0.1) is 0 Å². The van der Waals surface area contributed by atoms with Gasteiger partial charge >= 0.3 is 0 Å². The number of ether oxygens (including phenoxy) is 1. The van der Waals surface area contributed by atoms with Gasteiger partial charge in [-0.2, -0.15) is 4.31 Å². The summed E-state index contributed by atoms with van der Waals surface area (Å²) >= 11 is 0. The van der Waals surface area contributed by atoms with Crippen molar-refractivity contribution in [3.05, 3.63) is 23.8 Å². The van der Waals surface area contributed by atoms with Crippen LogP contribution in [0.2, 0.25) is 0 Å². The SMILES string of the molecule is CCC1CN(S(=O)(=O)c2ccc(N)cc2C)CCO1. The Morgan fingerprint density at radius 1 is 1.47 bits per heavy atom. The first-order chi connectivity index (χ1) is 8.95. The van der Waals surface area contributed by atoms with Crippen LogP contribution in [0.25, 0.3) is 0 Å². The highest BCUT2D eigenvalue weighted by atomic mass is 32.2. The first kappa shape index (κ1) is 14.3. The molecule has 0 radical (unpaired) electrons. The summed E-state index contributed by atoms with van der Waals surface area (Å²) in [7, 11) is -3.45. The molecule has 0 bridgehead atoms. The molecule has 6 heteroatoms. The average molecular weight is 284 g/mol. The highest BCUT2D eigenvalue weighted by molar-refractivity contribution is 7.89. The summed E-state index contributed by atoms with van der Waals surface area (Å²) in [6.07, 6.45) is 0.796. The number of aryl methyl sites for hydroxylation is 1. The quantitative estimate of drug-likeness (QED) is 0.851. The van der Waals surface area contributed by atoms with Gasteiger partial charge < -0.3 is 10.5 Å². The molecule has 1 atom stereocenters. The fourth-order valence-corrected chi connectivity index (χ4v) is 3.92. The summed E-state index contributed by atoms with van der Waals surface area (Å²) in [4.78, 5) is 0.332. The number of nitrogens with zero attached hydrogens (tertiary/aromatic N) is 1. The van der Waals surface area contributed by atoms with Crippen molar-refractivity contribution in [3.63, 3.8) is 0 Å². The number of morpholine rings is 1. The lowest BCUT2D eigenvalue weighted by Gasteiger charge is -2.32. The molecule has 5 nitrogen and oxygen atoms in total. The molecule has 0 spiro atoms. The monoisotopic (exact) mass is 284 g/mol. The molecule has 2 rings (SSSR count). The fraction of sp³-hybridized carbons (Fsp3) is 0.538. The zero-order valence-corrected chi connectivity index (χ0v) is 12.1. The number of anilines is 1. The Kier molecular flexibility index (Phi) is 4.13. The summed E-state index contributed by atoms with van der Waals surface area (Å²) in [6, 6.07) is 4.89. The number of nitrogens with two attached hydrogens (primary N) is 1. The van der Waals surface area contributed by atoms with Crippen LogP contribution in [0.1, 0.15) is 18.9 Å². The van der Waals surface area contributed by atoms with Gasteiger partial charge in [0.25, 0.3) is 0 Å². The molecule has 2 N–H and O–H groups in total. The molecule has 1 aliphatic heterocycles. The second-order valence-corrected chi connectivity index (χ2v) is 6.70. The molecule has 1 saturated heterocycles. The molecular weight excluding hydrogens is 264 g/mol. The van der Waals surface area contributed by atoms with E-state index in [0.717, 1.165) is 6.42 Å². The highest BCUT2D eigenvalue weighted by Crippen LogP contribution is 2.24. The standard InChI is InChI=1S/C13H20N2O3S/c1-3-12-9-15(6-7-18-12)19(16,17)13-5-4-11(14)8-10(13)2/h4-5,8,12H,3,6-7,9,14H2,1-2H3. The maximum Gasteiger partial charge on any atom is 0.243 e. The molecule has 1 aliphatic rings. The van der Waals surface area contributed by atoms with E-state index in [1.165, 1.54) is 4.31 Å². The minimum Gasteiger partial charge on any atom is -0.399 e. The zero-order chi connectivity index (χ0) is 14.0. The fourth-order valence-electron chi connectivity index (χ4n) is 2.26. The van der Waals surface area contributed by atoms with E-state index in [0.29, 0.717) is 35.8 Å². The zero-order valence-electron chi connectivity index (χ0n) is 11.3. The Hall–Kier alpha value is -1.11.